The van der Waals surface area contributed by atoms with E-state index in [4.69, 9.17) is 4.74 Å². The van der Waals surface area contributed by atoms with E-state index in [1.807, 2.05) is 18.7 Å². The van der Waals surface area contributed by atoms with Gasteiger partial charge in [-0.2, -0.15) is 0 Å². The number of carbonyl (C=O) groups excluding carboxylic acids is 2. The predicted octanol–water partition coefficient (Wildman–Crippen LogP) is 0.952. The fraction of sp³-hybridized carbons (Fsp3) is 0.714. The largest absolute Gasteiger partial charge is 0.466 e. The molecule has 0 bridgehead atoms. The van der Waals surface area contributed by atoms with Gasteiger partial charge in [0.15, 0.2) is 0 Å². The van der Waals surface area contributed by atoms with Crippen LogP contribution >= 0.6 is 0 Å². The second-order valence-corrected chi connectivity index (χ2v) is 4.80. The highest BCUT2D eigenvalue weighted by Crippen LogP contribution is 2.19. The van der Waals surface area contributed by atoms with E-state index < -0.39 is 0 Å². The lowest BCUT2D eigenvalue weighted by atomic mass is 9.97. The summed E-state index contributed by atoms with van der Waals surface area (Å²) in [4.78, 5) is 25.7. The zero-order chi connectivity index (χ0) is 14.3. The number of amides is 1. The molecule has 1 unspecified atom stereocenters. The van der Waals surface area contributed by atoms with E-state index in [1.54, 1.807) is 6.08 Å². The maximum absolute atomic E-state index is 11.9. The van der Waals surface area contributed by atoms with Gasteiger partial charge in [-0.05, 0) is 33.2 Å². The second-order valence-electron chi connectivity index (χ2n) is 4.80. The van der Waals surface area contributed by atoms with Crippen LogP contribution in [0.1, 0.15) is 26.7 Å². The third kappa shape index (κ3) is 4.67. The van der Waals surface area contributed by atoms with Gasteiger partial charge in [-0.1, -0.05) is 6.08 Å². The van der Waals surface area contributed by atoms with Crippen molar-refractivity contribution in [1.29, 1.82) is 0 Å². The van der Waals surface area contributed by atoms with Crippen molar-refractivity contribution in [3.8, 4) is 0 Å². The topological polar surface area (TPSA) is 58.6 Å². The highest BCUT2D eigenvalue weighted by atomic mass is 16.5. The summed E-state index contributed by atoms with van der Waals surface area (Å²) in [5.41, 5.74) is 0. The summed E-state index contributed by atoms with van der Waals surface area (Å²) in [5, 5.41) is 2.78. The van der Waals surface area contributed by atoms with Crippen LogP contribution in [0.5, 0.6) is 0 Å². The van der Waals surface area contributed by atoms with Crippen LogP contribution in [0.3, 0.4) is 0 Å². The van der Waals surface area contributed by atoms with Crippen molar-refractivity contribution in [2.24, 2.45) is 5.92 Å². The van der Waals surface area contributed by atoms with Crippen LogP contribution in [0.25, 0.3) is 0 Å². The molecule has 0 aromatic heterocycles. The van der Waals surface area contributed by atoms with Crippen LogP contribution < -0.4 is 5.32 Å². The Balaban J connectivity index is 2.51. The second kappa shape index (κ2) is 7.94. The number of ether oxygens (including phenoxy) is 1. The van der Waals surface area contributed by atoms with Gasteiger partial charge in [0.1, 0.15) is 0 Å². The van der Waals surface area contributed by atoms with Crippen LogP contribution in [0, 0.1) is 5.92 Å². The predicted molar refractivity (Wildman–Crippen MR) is 73.6 cm³/mol. The lowest BCUT2D eigenvalue weighted by Gasteiger charge is -2.34. The molecule has 0 aromatic carbocycles. The summed E-state index contributed by atoms with van der Waals surface area (Å²) in [5.74, 6) is -0.279. The quantitative estimate of drug-likeness (QED) is 0.575. The summed E-state index contributed by atoms with van der Waals surface area (Å²) >= 11 is 0. The van der Waals surface area contributed by atoms with E-state index in [2.05, 4.69) is 11.9 Å². The monoisotopic (exact) mass is 268 g/mol. The molecule has 1 aliphatic heterocycles. The Labute approximate surface area is 115 Å². The van der Waals surface area contributed by atoms with Crippen LogP contribution in [0.15, 0.2) is 12.7 Å². The molecule has 2 atom stereocenters. The van der Waals surface area contributed by atoms with Crippen LogP contribution in [-0.2, 0) is 14.3 Å². The molecule has 19 heavy (non-hydrogen) atoms. The molecule has 5 heteroatoms. The maximum Gasteiger partial charge on any atom is 0.310 e. The molecule has 0 radical (unpaired) electrons. The first kappa shape index (κ1) is 15.7. The zero-order valence-corrected chi connectivity index (χ0v) is 11.9. The fourth-order valence-corrected chi connectivity index (χ4v) is 2.30. The molecular weight excluding hydrogens is 244 g/mol. The lowest BCUT2D eigenvalue weighted by molar-refractivity contribution is -0.151. The van der Waals surface area contributed by atoms with Gasteiger partial charge in [-0.15, -0.1) is 6.58 Å². The molecular formula is C14H24N2O3. The normalized spacial score (nSPS) is 21.5. The van der Waals surface area contributed by atoms with E-state index in [0.29, 0.717) is 19.7 Å². The number of likely N-dealkylation sites (tertiary alicyclic amines) is 1. The van der Waals surface area contributed by atoms with E-state index in [-0.39, 0.29) is 23.8 Å². The van der Waals surface area contributed by atoms with E-state index in [1.165, 1.54) is 0 Å². The van der Waals surface area contributed by atoms with Gasteiger partial charge >= 0.3 is 5.97 Å². The van der Waals surface area contributed by atoms with Gasteiger partial charge in [0.05, 0.1) is 18.6 Å². The van der Waals surface area contributed by atoms with Crippen LogP contribution in [0.2, 0.25) is 0 Å². The Morgan fingerprint density at radius 1 is 1.58 bits per heavy atom. The van der Waals surface area contributed by atoms with Crippen molar-refractivity contribution in [1.82, 2.24) is 10.2 Å². The minimum absolute atomic E-state index is 0.0237. The summed E-state index contributed by atoms with van der Waals surface area (Å²) < 4.78 is 5.06. The number of esters is 1. The number of rotatable bonds is 6. The first-order valence-corrected chi connectivity index (χ1v) is 6.89. The maximum atomic E-state index is 11.9. The molecule has 0 spiro atoms. The molecule has 0 aliphatic carbocycles. The van der Waals surface area contributed by atoms with Crippen LogP contribution in [-0.4, -0.2) is 49.1 Å². The van der Waals surface area contributed by atoms with Gasteiger partial charge in [0.2, 0.25) is 5.91 Å². The Hall–Kier alpha value is -1.36. The van der Waals surface area contributed by atoms with Crippen molar-refractivity contribution < 1.29 is 14.3 Å². The van der Waals surface area contributed by atoms with Gasteiger partial charge in [0.25, 0.3) is 0 Å². The minimum Gasteiger partial charge on any atom is -0.466 e. The Morgan fingerprint density at radius 3 is 2.95 bits per heavy atom. The molecule has 108 valence electrons. The SMILES string of the molecule is C=CCNC(=O)C(C)N1CCC[C@H](C(=O)OCC)C1. The Kier molecular flexibility index (Phi) is 6.56. The highest BCUT2D eigenvalue weighted by Gasteiger charge is 2.31. The Morgan fingerprint density at radius 2 is 2.32 bits per heavy atom. The van der Waals surface area contributed by atoms with Crippen molar-refractivity contribution >= 4 is 11.9 Å². The summed E-state index contributed by atoms with van der Waals surface area (Å²) in [6.07, 6.45) is 3.42. The van der Waals surface area contributed by atoms with Crippen molar-refractivity contribution in [2.75, 3.05) is 26.2 Å². The Bertz CT molecular complexity index is 331. The first-order valence-electron chi connectivity index (χ1n) is 6.89. The van der Waals surface area contributed by atoms with Gasteiger partial charge in [-0.25, -0.2) is 0 Å². The lowest BCUT2D eigenvalue weighted by Crippen LogP contribution is -2.50. The number of nitrogens with zero attached hydrogens (tertiary/aromatic N) is 1. The molecule has 1 heterocycles. The highest BCUT2D eigenvalue weighted by molar-refractivity contribution is 5.81. The summed E-state index contributed by atoms with van der Waals surface area (Å²) in [7, 11) is 0. The molecule has 1 fully saturated rings. The number of nitrogens with one attached hydrogen (secondary N) is 1. The third-order valence-electron chi connectivity index (χ3n) is 3.42. The van der Waals surface area contributed by atoms with Crippen molar-refractivity contribution in [3.05, 3.63) is 12.7 Å². The van der Waals surface area contributed by atoms with Crippen molar-refractivity contribution in [3.63, 3.8) is 0 Å². The molecule has 5 nitrogen and oxygen atoms in total. The number of carbonyl (C=O) groups is 2. The van der Waals surface area contributed by atoms with Gasteiger partial charge in [-0.3, -0.25) is 14.5 Å². The summed E-state index contributed by atoms with van der Waals surface area (Å²) in [6.45, 7) is 9.57. The van der Waals surface area contributed by atoms with Gasteiger partial charge < -0.3 is 10.1 Å². The average Bonchev–Trinajstić information content (AvgIpc) is 2.44. The third-order valence-corrected chi connectivity index (χ3v) is 3.42. The molecule has 1 N–H and O–H groups in total. The number of hydrogen-bond donors (Lipinski definition) is 1. The molecule has 1 amide bonds. The smallest absolute Gasteiger partial charge is 0.310 e. The molecule has 1 aliphatic rings. The first-order chi connectivity index (χ1) is 9.10. The zero-order valence-electron chi connectivity index (χ0n) is 11.9. The van der Waals surface area contributed by atoms with E-state index in [9.17, 15) is 9.59 Å². The molecule has 0 saturated carbocycles. The molecule has 0 aromatic rings. The fourth-order valence-electron chi connectivity index (χ4n) is 2.30. The average molecular weight is 268 g/mol. The van der Waals surface area contributed by atoms with Crippen LogP contribution in [0.4, 0.5) is 0 Å². The minimum atomic E-state index is -0.225. The standard InChI is InChI=1S/C14H24N2O3/c1-4-8-15-13(17)11(3)16-9-6-7-12(10-16)14(18)19-5-2/h4,11-12H,1,5-10H2,2-3H3,(H,15,17)/t11?,12-/m0/s1. The number of hydrogen-bond acceptors (Lipinski definition) is 4. The molecule has 1 rings (SSSR count). The van der Waals surface area contributed by atoms with E-state index in [0.717, 1.165) is 19.4 Å². The van der Waals surface area contributed by atoms with Gasteiger partial charge in [0, 0.05) is 13.1 Å². The molecule has 1 saturated heterocycles. The van der Waals surface area contributed by atoms with Crippen molar-refractivity contribution in [2.45, 2.75) is 32.7 Å². The van der Waals surface area contributed by atoms with E-state index >= 15 is 0 Å². The number of piperidine rings is 1. The summed E-state index contributed by atoms with van der Waals surface area (Å²) in [6, 6.07) is -0.225.